The lowest BCUT2D eigenvalue weighted by Crippen LogP contribution is -2.39. The topological polar surface area (TPSA) is 85.9 Å². The van der Waals surface area contributed by atoms with Crippen molar-refractivity contribution in [2.24, 2.45) is 14.1 Å². The molecule has 0 amide bonds. The summed E-state index contributed by atoms with van der Waals surface area (Å²) in [5, 5.41) is -3.10. The number of unbranched alkanes of at least 4 members (excludes halogenated alkanes) is 10. The molecule has 0 bridgehead atoms. The van der Waals surface area contributed by atoms with Crippen molar-refractivity contribution in [2.45, 2.75) is 125 Å². The first kappa shape index (κ1) is 37.9. The van der Waals surface area contributed by atoms with E-state index in [4.69, 9.17) is 0 Å². The van der Waals surface area contributed by atoms with Gasteiger partial charge in [0.05, 0.1) is 27.2 Å². The second-order valence-electron chi connectivity index (χ2n) is 10.3. The van der Waals surface area contributed by atoms with E-state index in [1.165, 1.54) is 38.6 Å². The minimum Gasteiger partial charge on any atom is -0.240 e. The quantitative estimate of drug-likeness (QED) is 0.128. The normalized spacial score (nSPS) is 12.8. The van der Waals surface area contributed by atoms with Crippen molar-refractivity contribution in [2.75, 3.05) is 0 Å². The van der Waals surface area contributed by atoms with Crippen molar-refractivity contribution in [3.63, 3.8) is 0 Å². The molecule has 2 aromatic rings. The van der Waals surface area contributed by atoms with E-state index < -0.39 is 47.4 Å². The molecule has 244 valence electrons. The summed E-state index contributed by atoms with van der Waals surface area (Å²) in [6, 6.07) is 0. The van der Waals surface area contributed by atoms with Gasteiger partial charge in [0, 0.05) is 0 Å². The summed E-state index contributed by atoms with van der Waals surface area (Å²) in [5.41, 5.74) is -11.6. The number of aryl methyl sites for hydroxylation is 3. The van der Waals surface area contributed by atoms with Crippen molar-refractivity contribution >= 4 is 19.7 Å². The molecule has 8 nitrogen and oxygen atoms in total. The van der Waals surface area contributed by atoms with Crippen molar-refractivity contribution in [3.05, 3.63) is 24.9 Å². The Kier molecular flexibility index (Phi) is 15.1. The lowest BCUT2D eigenvalue weighted by atomic mass is 10.1. The van der Waals surface area contributed by atoms with Crippen LogP contribution in [-0.4, -0.2) is 37.0 Å². The first-order valence-corrected chi connectivity index (χ1v) is 17.1. The number of aromatic nitrogens is 4. The summed E-state index contributed by atoms with van der Waals surface area (Å²) in [7, 11) is -9.33. The third kappa shape index (κ3) is 10.9. The highest BCUT2D eigenvalue weighted by molar-refractivity contribution is 7.92. The van der Waals surface area contributed by atoms with Gasteiger partial charge in [0.15, 0.2) is 6.20 Å². The summed E-state index contributed by atoms with van der Waals surface area (Å²) < 4.78 is 130. The number of sulfone groups is 2. The fraction of sp³-hybridized carbons (Fsp3) is 0.769. The van der Waals surface area contributed by atoms with Gasteiger partial charge in [0.1, 0.15) is 12.4 Å². The van der Waals surface area contributed by atoms with E-state index in [9.17, 15) is 43.2 Å². The second kappa shape index (κ2) is 16.7. The molecule has 2 heterocycles. The largest absolute Gasteiger partial charge is 0.509 e. The molecule has 0 spiro atoms. The maximum Gasteiger partial charge on any atom is 0.509 e. The Morgan fingerprint density at radius 2 is 1.14 bits per heavy atom. The lowest BCUT2D eigenvalue weighted by Gasteiger charge is -2.10. The zero-order valence-electron chi connectivity index (χ0n) is 24.7. The summed E-state index contributed by atoms with van der Waals surface area (Å²) in [4.78, 5) is 0. The van der Waals surface area contributed by atoms with Crippen LogP contribution >= 0.6 is 0 Å². The molecule has 2 rings (SSSR count). The van der Waals surface area contributed by atoms with Crippen LogP contribution in [0.3, 0.4) is 0 Å². The molecule has 0 aliphatic heterocycles. The molecule has 0 saturated carbocycles. The van der Waals surface area contributed by atoms with Gasteiger partial charge < -0.3 is 0 Å². The molecule has 0 aliphatic carbocycles. The maximum absolute atomic E-state index is 13.0. The van der Waals surface area contributed by atoms with Crippen molar-refractivity contribution in [1.29, 1.82) is 0 Å². The fourth-order valence-electron chi connectivity index (χ4n) is 4.31. The molecule has 0 N–H and O–H groups in total. The van der Waals surface area contributed by atoms with Gasteiger partial charge in [-0.2, -0.15) is 26.3 Å². The third-order valence-electron chi connectivity index (χ3n) is 6.56. The van der Waals surface area contributed by atoms with Gasteiger partial charge in [-0.05, 0) is 25.7 Å². The highest BCUT2D eigenvalue weighted by atomic mass is 32.2. The molecule has 0 unspecified atom stereocenters. The molecule has 0 aromatic carbocycles. The Bertz CT molecular complexity index is 1300. The monoisotopic (exact) mass is 654 g/mol. The molecule has 42 heavy (non-hydrogen) atoms. The zero-order valence-corrected chi connectivity index (χ0v) is 26.3. The molecular formula is C26H44F6N4O4S2+2. The van der Waals surface area contributed by atoms with E-state index in [-0.39, 0.29) is 21.8 Å². The highest BCUT2D eigenvalue weighted by Crippen LogP contribution is 2.34. The van der Waals surface area contributed by atoms with Crippen molar-refractivity contribution in [1.82, 2.24) is 9.13 Å². The summed E-state index contributed by atoms with van der Waals surface area (Å²) in [6.45, 7) is 4.80. The number of nitrogens with zero attached hydrogens (tertiary/aromatic N) is 4. The molecular weight excluding hydrogens is 610 g/mol. The van der Waals surface area contributed by atoms with Gasteiger partial charge in [0.25, 0.3) is 5.03 Å². The van der Waals surface area contributed by atoms with Gasteiger partial charge in [0.2, 0.25) is 6.33 Å². The number of hydrogen-bond acceptors (Lipinski definition) is 4. The minimum atomic E-state index is -6.08. The SMILES string of the molecule is CCCCCCCCCn1c(S(=O)(=O)C(F)(F)F)c[n+](C)c1S(=O)(=O)C(F)(F)F.CCCCCCCn1cc[n+](C)c1. The third-order valence-corrected chi connectivity index (χ3v) is 9.64. The average Bonchev–Trinajstić information content (AvgIpc) is 3.45. The predicted octanol–water partition coefficient (Wildman–Crippen LogP) is 5.93. The Morgan fingerprint density at radius 3 is 1.57 bits per heavy atom. The van der Waals surface area contributed by atoms with Crippen molar-refractivity contribution in [3.8, 4) is 0 Å². The zero-order chi connectivity index (χ0) is 32.2. The number of imidazole rings is 2. The summed E-state index contributed by atoms with van der Waals surface area (Å²) in [6.07, 6.45) is 18.1. The molecule has 0 aliphatic rings. The molecule has 0 atom stereocenters. The standard InChI is InChI=1S/C15H23F6N2O4S2.C11H21N2/c1-3-4-5-6-7-8-9-10-23-12(28(24,25)14(16,17)18)11-22(2)13(23)29(26,27)15(19,20)21;1-3-4-5-6-7-8-13-10-9-12(2)11-13/h11H,3-10H2,1-2H3;9-11H,3-8H2,1-2H3/q2*+1. The van der Waals surface area contributed by atoms with Gasteiger partial charge in [-0.15, -0.1) is 0 Å². The van der Waals surface area contributed by atoms with E-state index >= 15 is 0 Å². The van der Waals surface area contributed by atoms with Crippen LogP contribution in [-0.2, 0) is 46.9 Å². The number of rotatable bonds is 16. The number of halogens is 6. The van der Waals surface area contributed by atoms with Crippen LogP contribution in [0.1, 0.15) is 90.9 Å². The predicted molar refractivity (Wildman–Crippen MR) is 144 cm³/mol. The van der Waals surface area contributed by atoms with Gasteiger partial charge in [-0.25, -0.2) is 35.1 Å². The minimum absolute atomic E-state index is 0.0154. The Morgan fingerprint density at radius 1 is 0.690 bits per heavy atom. The highest BCUT2D eigenvalue weighted by Gasteiger charge is 2.58. The summed E-state index contributed by atoms with van der Waals surface area (Å²) >= 11 is 0. The summed E-state index contributed by atoms with van der Waals surface area (Å²) in [5.74, 6) is 0. The first-order valence-electron chi connectivity index (χ1n) is 14.1. The van der Waals surface area contributed by atoms with E-state index in [0.717, 1.165) is 32.7 Å². The van der Waals surface area contributed by atoms with E-state index in [0.29, 0.717) is 12.8 Å². The van der Waals surface area contributed by atoms with Gasteiger partial charge in [-0.3, -0.25) is 0 Å². The van der Waals surface area contributed by atoms with Crippen molar-refractivity contribution < 1.29 is 52.3 Å². The maximum atomic E-state index is 13.0. The Balaban J connectivity index is 0.000000563. The van der Waals surface area contributed by atoms with Crippen LogP contribution in [0, 0.1) is 0 Å². The Hall–Kier alpha value is -2.10. The van der Waals surface area contributed by atoms with Crippen LogP contribution in [0.25, 0.3) is 0 Å². The first-order chi connectivity index (χ1) is 19.4. The fourth-order valence-corrected chi connectivity index (χ4v) is 6.49. The van der Waals surface area contributed by atoms with Gasteiger partial charge >= 0.3 is 35.8 Å². The number of alkyl halides is 6. The van der Waals surface area contributed by atoms with Crippen LogP contribution in [0.15, 0.2) is 35.1 Å². The Labute approximate surface area is 245 Å². The van der Waals surface area contributed by atoms with E-state index in [1.54, 1.807) is 0 Å². The smallest absolute Gasteiger partial charge is 0.240 e. The molecule has 2 aromatic heterocycles. The lowest BCUT2D eigenvalue weighted by molar-refractivity contribution is -0.711. The van der Waals surface area contributed by atoms with Crippen LogP contribution in [0.5, 0.6) is 0 Å². The molecule has 0 fully saturated rings. The average molecular weight is 655 g/mol. The van der Waals surface area contributed by atoms with Gasteiger partial charge in [-0.1, -0.05) is 65.2 Å². The molecule has 0 radical (unpaired) electrons. The molecule has 0 saturated heterocycles. The van der Waals surface area contributed by atoms with E-state index in [1.807, 2.05) is 6.92 Å². The van der Waals surface area contributed by atoms with Crippen LogP contribution < -0.4 is 9.13 Å². The number of hydrogen-bond donors (Lipinski definition) is 0. The van der Waals surface area contributed by atoms with E-state index in [2.05, 4.69) is 41.8 Å². The molecule has 16 heteroatoms. The van der Waals surface area contributed by atoms with Crippen LogP contribution in [0.4, 0.5) is 26.3 Å². The second-order valence-corrected chi connectivity index (χ2v) is 14.0. The van der Waals surface area contributed by atoms with Crippen LogP contribution in [0.2, 0.25) is 0 Å².